The van der Waals surface area contributed by atoms with E-state index in [0.29, 0.717) is 0 Å². The zero-order valence-corrected chi connectivity index (χ0v) is 9.00. The Bertz CT molecular complexity index is 364. The smallest absolute Gasteiger partial charge is 0.125 e. The molecule has 1 aliphatic rings. The SMILES string of the molecule is CC1(C)C(O)CC1Nc1cccc(F)c1. The first-order valence-corrected chi connectivity index (χ1v) is 5.20. The highest BCUT2D eigenvalue weighted by molar-refractivity contribution is 5.45. The van der Waals surface area contributed by atoms with Crippen molar-refractivity contribution in [3.8, 4) is 0 Å². The maximum Gasteiger partial charge on any atom is 0.125 e. The third-order valence-corrected chi connectivity index (χ3v) is 3.38. The Kier molecular flexibility index (Phi) is 2.43. The fourth-order valence-electron chi connectivity index (χ4n) is 1.93. The van der Waals surface area contributed by atoms with Crippen LogP contribution < -0.4 is 5.32 Å². The van der Waals surface area contributed by atoms with Crippen molar-refractivity contribution in [1.29, 1.82) is 0 Å². The fourth-order valence-corrected chi connectivity index (χ4v) is 1.93. The molecule has 82 valence electrons. The molecule has 3 heteroatoms. The molecule has 0 spiro atoms. The molecule has 2 atom stereocenters. The van der Waals surface area contributed by atoms with Gasteiger partial charge in [-0.2, -0.15) is 0 Å². The van der Waals surface area contributed by atoms with E-state index < -0.39 is 0 Å². The highest BCUT2D eigenvalue weighted by Gasteiger charge is 2.47. The zero-order valence-electron chi connectivity index (χ0n) is 9.00. The minimum Gasteiger partial charge on any atom is -0.392 e. The molecule has 1 aromatic rings. The standard InChI is InChI=1S/C12H16FNO/c1-12(2)10(7-11(12)15)14-9-5-3-4-8(13)6-9/h3-6,10-11,14-15H,7H2,1-2H3. The lowest BCUT2D eigenvalue weighted by Crippen LogP contribution is -2.56. The number of hydrogen-bond donors (Lipinski definition) is 2. The molecule has 0 bridgehead atoms. The monoisotopic (exact) mass is 209 g/mol. The number of hydrogen-bond acceptors (Lipinski definition) is 2. The van der Waals surface area contributed by atoms with Gasteiger partial charge >= 0.3 is 0 Å². The van der Waals surface area contributed by atoms with Crippen LogP contribution >= 0.6 is 0 Å². The van der Waals surface area contributed by atoms with Crippen LogP contribution in [0.1, 0.15) is 20.3 Å². The first-order valence-electron chi connectivity index (χ1n) is 5.20. The van der Waals surface area contributed by atoms with E-state index in [9.17, 15) is 9.50 Å². The quantitative estimate of drug-likeness (QED) is 0.784. The van der Waals surface area contributed by atoms with Gasteiger partial charge in [-0.25, -0.2) is 4.39 Å². The Labute approximate surface area is 89.1 Å². The van der Waals surface area contributed by atoms with E-state index in [4.69, 9.17) is 0 Å². The van der Waals surface area contributed by atoms with Gasteiger partial charge in [0, 0.05) is 17.1 Å². The van der Waals surface area contributed by atoms with E-state index in [-0.39, 0.29) is 23.4 Å². The van der Waals surface area contributed by atoms with Crippen molar-refractivity contribution in [3.63, 3.8) is 0 Å². The first-order chi connectivity index (χ1) is 7.00. The molecule has 0 heterocycles. The molecule has 0 amide bonds. The summed E-state index contributed by atoms with van der Waals surface area (Å²) < 4.78 is 12.9. The molecule has 0 saturated heterocycles. The van der Waals surface area contributed by atoms with E-state index in [0.717, 1.165) is 12.1 Å². The molecule has 15 heavy (non-hydrogen) atoms. The molecular weight excluding hydrogens is 193 g/mol. The van der Waals surface area contributed by atoms with Crippen molar-refractivity contribution in [2.45, 2.75) is 32.4 Å². The van der Waals surface area contributed by atoms with Crippen molar-refractivity contribution in [1.82, 2.24) is 0 Å². The first kappa shape index (κ1) is 10.4. The van der Waals surface area contributed by atoms with E-state index in [1.807, 2.05) is 19.9 Å². The van der Waals surface area contributed by atoms with Crippen LogP contribution in [-0.2, 0) is 0 Å². The minimum absolute atomic E-state index is 0.133. The second kappa shape index (κ2) is 3.49. The van der Waals surface area contributed by atoms with Gasteiger partial charge in [-0.3, -0.25) is 0 Å². The van der Waals surface area contributed by atoms with Crippen molar-refractivity contribution in [2.75, 3.05) is 5.32 Å². The van der Waals surface area contributed by atoms with Gasteiger partial charge in [0.1, 0.15) is 5.82 Å². The molecule has 0 aliphatic heterocycles. The number of anilines is 1. The molecule has 0 aromatic heterocycles. The van der Waals surface area contributed by atoms with E-state index in [2.05, 4.69) is 5.32 Å². The topological polar surface area (TPSA) is 32.3 Å². The molecule has 0 radical (unpaired) electrons. The average Bonchev–Trinajstić information content (AvgIpc) is 2.17. The van der Waals surface area contributed by atoms with Crippen LogP contribution in [0.2, 0.25) is 0 Å². The van der Waals surface area contributed by atoms with Crippen LogP contribution in [0.15, 0.2) is 24.3 Å². The Morgan fingerprint density at radius 1 is 1.47 bits per heavy atom. The zero-order chi connectivity index (χ0) is 11.1. The van der Waals surface area contributed by atoms with Crippen LogP contribution in [0, 0.1) is 11.2 Å². The van der Waals surface area contributed by atoms with E-state index >= 15 is 0 Å². The van der Waals surface area contributed by atoms with Crippen LogP contribution in [0.5, 0.6) is 0 Å². The van der Waals surface area contributed by atoms with Gasteiger partial charge in [0.2, 0.25) is 0 Å². The average molecular weight is 209 g/mol. The largest absolute Gasteiger partial charge is 0.392 e. The van der Waals surface area contributed by atoms with Crippen LogP contribution in [0.25, 0.3) is 0 Å². The second-order valence-electron chi connectivity index (χ2n) is 4.78. The molecule has 2 nitrogen and oxygen atoms in total. The normalized spacial score (nSPS) is 28.3. The molecule has 1 fully saturated rings. The van der Waals surface area contributed by atoms with Gasteiger partial charge in [0.25, 0.3) is 0 Å². The highest BCUT2D eigenvalue weighted by Crippen LogP contribution is 2.42. The van der Waals surface area contributed by atoms with E-state index in [1.54, 1.807) is 6.07 Å². The minimum atomic E-state index is -0.261. The van der Waals surface area contributed by atoms with Crippen molar-refractivity contribution >= 4 is 5.69 Å². The molecule has 2 N–H and O–H groups in total. The maximum absolute atomic E-state index is 12.9. The van der Waals surface area contributed by atoms with Crippen LogP contribution in [0.4, 0.5) is 10.1 Å². The van der Waals surface area contributed by atoms with Gasteiger partial charge in [-0.05, 0) is 24.6 Å². The van der Waals surface area contributed by atoms with Crippen LogP contribution in [-0.4, -0.2) is 17.3 Å². The summed E-state index contributed by atoms with van der Waals surface area (Å²) >= 11 is 0. The van der Waals surface area contributed by atoms with Gasteiger partial charge in [0.15, 0.2) is 0 Å². The molecule has 2 rings (SSSR count). The predicted octanol–water partition coefficient (Wildman–Crippen LogP) is 2.40. The number of rotatable bonds is 2. The summed E-state index contributed by atoms with van der Waals surface area (Å²) in [6.07, 6.45) is 0.465. The van der Waals surface area contributed by atoms with Crippen LogP contribution in [0.3, 0.4) is 0 Å². The summed E-state index contributed by atoms with van der Waals surface area (Å²) in [5, 5.41) is 12.8. The number of benzene rings is 1. The lowest BCUT2D eigenvalue weighted by atomic mass is 9.64. The Balaban J connectivity index is 2.05. The van der Waals surface area contributed by atoms with Gasteiger partial charge < -0.3 is 10.4 Å². The molecule has 1 aliphatic carbocycles. The third-order valence-electron chi connectivity index (χ3n) is 3.38. The lowest BCUT2D eigenvalue weighted by Gasteiger charge is -2.49. The van der Waals surface area contributed by atoms with Crippen molar-refractivity contribution in [3.05, 3.63) is 30.1 Å². The Morgan fingerprint density at radius 2 is 2.20 bits per heavy atom. The van der Waals surface area contributed by atoms with E-state index in [1.165, 1.54) is 12.1 Å². The lowest BCUT2D eigenvalue weighted by molar-refractivity contribution is -0.0510. The van der Waals surface area contributed by atoms with Gasteiger partial charge in [0.05, 0.1) is 6.10 Å². The summed E-state index contributed by atoms with van der Waals surface area (Å²) in [4.78, 5) is 0. The summed E-state index contributed by atoms with van der Waals surface area (Å²) in [6, 6.07) is 6.63. The number of nitrogens with one attached hydrogen (secondary N) is 1. The summed E-state index contributed by atoms with van der Waals surface area (Å²) in [6.45, 7) is 4.02. The molecular formula is C12H16FNO. The van der Waals surface area contributed by atoms with Gasteiger partial charge in [-0.15, -0.1) is 0 Å². The number of aliphatic hydroxyl groups is 1. The highest BCUT2D eigenvalue weighted by atomic mass is 19.1. The second-order valence-corrected chi connectivity index (χ2v) is 4.78. The number of aliphatic hydroxyl groups excluding tert-OH is 1. The number of halogens is 1. The summed E-state index contributed by atoms with van der Waals surface area (Å²) in [5.74, 6) is -0.238. The molecule has 2 unspecified atom stereocenters. The van der Waals surface area contributed by atoms with Crippen molar-refractivity contribution < 1.29 is 9.50 Å². The Morgan fingerprint density at radius 3 is 2.73 bits per heavy atom. The van der Waals surface area contributed by atoms with Gasteiger partial charge in [-0.1, -0.05) is 19.9 Å². The predicted molar refractivity (Wildman–Crippen MR) is 58.2 cm³/mol. The Hall–Kier alpha value is -1.09. The summed E-state index contributed by atoms with van der Waals surface area (Å²) in [7, 11) is 0. The molecule has 1 aromatic carbocycles. The maximum atomic E-state index is 12.9. The summed E-state index contributed by atoms with van der Waals surface area (Å²) in [5.41, 5.74) is 0.645. The fraction of sp³-hybridized carbons (Fsp3) is 0.500. The third kappa shape index (κ3) is 1.84. The van der Waals surface area contributed by atoms with Crippen molar-refractivity contribution in [2.24, 2.45) is 5.41 Å². The molecule has 1 saturated carbocycles.